The lowest BCUT2D eigenvalue weighted by Crippen LogP contribution is -2.30. The highest BCUT2D eigenvalue weighted by Crippen LogP contribution is 1.94. The van der Waals surface area contributed by atoms with Gasteiger partial charge in [-0.05, 0) is 13.2 Å². The molecule has 0 saturated carbocycles. The van der Waals surface area contributed by atoms with E-state index in [1.165, 1.54) is 6.92 Å². The Morgan fingerprint density at radius 3 is 2.88 bits per heavy atom. The van der Waals surface area contributed by atoms with Crippen LogP contribution in [0.25, 0.3) is 0 Å². The van der Waals surface area contributed by atoms with Gasteiger partial charge in [0.25, 0.3) is 0 Å². The Morgan fingerprint density at radius 2 is 2.75 bits per heavy atom. The van der Waals surface area contributed by atoms with E-state index in [0.29, 0.717) is 5.75 Å². The van der Waals surface area contributed by atoms with E-state index in [2.05, 4.69) is 5.73 Å². The predicted molar refractivity (Wildman–Crippen MR) is 37.0 cm³/mol. The standard InChI is InChI=1S/C5H11NOS/c1-4(7)5(6)3-8-2/h5H,3,6H2,1-2H3/i/hD. The van der Waals surface area contributed by atoms with Crippen molar-refractivity contribution in [2.75, 3.05) is 12.0 Å². The monoisotopic (exact) mass is 134 g/mol. The molecule has 0 saturated heterocycles. The van der Waals surface area contributed by atoms with Crippen LogP contribution in [0, 0.1) is 0 Å². The molecule has 1 atom stereocenters. The van der Waals surface area contributed by atoms with Gasteiger partial charge in [-0.15, -0.1) is 0 Å². The maximum Gasteiger partial charge on any atom is 0.147 e. The van der Waals surface area contributed by atoms with Crippen LogP contribution < -0.4 is 5.73 Å². The Bertz CT molecular complexity index is 99.0. The Kier molecular flexibility index (Phi) is 2.99. The molecule has 0 aromatic carbocycles. The van der Waals surface area contributed by atoms with Crippen LogP contribution in [0.2, 0.25) is 1.41 Å². The third kappa shape index (κ3) is 3.04. The quantitative estimate of drug-likeness (QED) is 0.600. The van der Waals surface area contributed by atoms with Gasteiger partial charge in [-0.3, -0.25) is 4.79 Å². The first-order valence-corrected chi connectivity index (χ1v) is 3.78. The van der Waals surface area contributed by atoms with Gasteiger partial charge in [0, 0.05) is 5.75 Å². The molecule has 0 bridgehead atoms. The summed E-state index contributed by atoms with van der Waals surface area (Å²) in [7, 11) is 0. The van der Waals surface area contributed by atoms with E-state index < -0.39 is 0 Å². The van der Waals surface area contributed by atoms with Crippen LogP contribution in [0.5, 0.6) is 0 Å². The van der Waals surface area contributed by atoms with Crippen LogP contribution in [-0.4, -0.2) is 23.8 Å². The minimum absolute atomic E-state index is 0.0272. The maximum atomic E-state index is 10.6. The summed E-state index contributed by atoms with van der Waals surface area (Å²) in [6.07, 6.45) is 1.91. The van der Waals surface area contributed by atoms with Gasteiger partial charge in [0.2, 0.25) is 0 Å². The van der Waals surface area contributed by atoms with Gasteiger partial charge in [0.1, 0.15) is 7.20 Å². The van der Waals surface area contributed by atoms with Crippen molar-refractivity contribution in [3.8, 4) is 0 Å². The normalized spacial score (nSPS) is 15.0. The van der Waals surface area contributed by atoms with E-state index in [9.17, 15) is 4.79 Å². The summed E-state index contributed by atoms with van der Waals surface area (Å²) >= 11 is 1.56. The number of thioether (sulfide) groups is 1. The first-order valence-electron chi connectivity index (χ1n) is 2.89. The molecule has 3 heteroatoms. The van der Waals surface area contributed by atoms with Gasteiger partial charge in [0.05, 0.1) is 6.04 Å². The summed E-state index contributed by atoms with van der Waals surface area (Å²) in [5.74, 6) is 0.707. The second-order valence-corrected chi connectivity index (χ2v) is 2.53. The van der Waals surface area contributed by atoms with Crippen LogP contribution in [0.1, 0.15) is 6.92 Å². The number of rotatable bonds is 4. The SMILES string of the molecule is [2H]NC(CSC)C(C)=O. The number of nitrogens with two attached hydrogens (primary N) is 1. The molecule has 0 aromatic heterocycles. The van der Waals surface area contributed by atoms with Crippen LogP contribution in [0.4, 0.5) is 0 Å². The molecule has 0 fully saturated rings. The molecule has 0 radical (unpaired) electrons. The average Bonchev–Trinajstić information content (AvgIpc) is 1.82. The molecule has 0 rings (SSSR count). The smallest absolute Gasteiger partial charge is 0.147 e. The molecule has 0 heterocycles. The lowest BCUT2D eigenvalue weighted by atomic mass is 10.3. The molecule has 1 unspecified atom stereocenters. The lowest BCUT2D eigenvalue weighted by molar-refractivity contribution is -0.117. The summed E-state index contributed by atoms with van der Waals surface area (Å²) in [4.78, 5) is 10.6. The summed E-state index contributed by atoms with van der Waals surface area (Å²) in [5.41, 5.74) is 2.18. The molecule has 0 spiro atoms. The average molecular weight is 134 g/mol. The Morgan fingerprint density at radius 1 is 2.12 bits per heavy atom. The molecule has 2 N–H and O–H groups in total. The van der Waals surface area contributed by atoms with E-state index in [1.54, 1.807) is 11.8 Å². The van der Waals surface area contributed by atoms with E-state index in [1.807, 2.05) is 6.26 Å². The molecule has 0 amide bonds. The largest absolute Gasteiger partial charge is 0.321 e. The van der Waals surface area contributed by atoms with Crippen LogP contribution in [0.3, 0.4) is 0 Å². The van der Waals surface area contributed by atoms with Crippen molar-refractivity contribution < 1.29 is 6.21 Å². The van der Waals surface area contributed by atoms with Crippen molar-refractivity contribution in [1.29, 1.82) is 0 Å². The lowest BCUT2D eigenvalue weighted by Gasteiger charge is -2.02. The minimum Gasteiger partial charge on any atom is -0.321 e. The summed E-state index contributed by atoms with van der Waals surface area (Å²) < 4.78 is 6.71. The fourth-order valence-corrected chi connectivity index (χ4v) is 0.852. The number of Topliss-reactive ketones (excluding diaryl/α,β-unsaturated/α-hetero) is 1. The highest BCUT2D eigenvalue weighted by molar-refractivity contribution is 7.98. The fourth-order valence-electron chi connectivity index (χ4n) is 0.284. The van der Waals surface area contributed by atoms with Crippen molar-refractivity contribution >= 4 is 17.5 Å². The molecule has 2 nitrogen and oxygen atoms in total. The van der Waals surface area contributed by atoms with Crippen molar-refractivity contribution in [1.82, 2.24) is 0 Å². The molecule has 0 aliphatic carbocycles. The van der Waals surface area contributed by atoms with Crippen molar-refractivity contribution in [3.05, 3.63) is 0 Å². The molecule has 0 aliphatic heterocycles. The highest BCUT2D eigenvalue weighted by atomic mass is 32.2. The zero-order chi connectivity index (χ0) is 7.28. The van der Waals surface area contributed by atoms with Crippen molar-refractivity contribution in [3.63, 3.8) is 0 Å². The zero-order valence-electron chi connectivity index (χ0n) is 6.10. The topological polar surface area (TPSA) is 43.1 Å². The Balaban J connectivity index is 3.54. The second kappa shape index (κ2) is 3.92. The number of ketones is 1. The Labute approximate surface area is 55.3 Å². The van der Waals surface area contributed by atoms with Gasteiger partial charge >= 0.3 is 0 Å². The van der Waals surface area contributed by atoms with Crippen molar-refractivity contribution in [2.24, 2.45) is 5.73 Å². The predicted octanol–water partition coefficient (Wildman–Crippen LogP) is 0.266. The third-order valence-corrected chi connectivity index (χ3v) is 1.49. The van der Waals surface area contributed by atoms with Gasteiger partial charge < -0.3 is 5.73 Å². The Hall–Kier alpha value is -0.0200. The molecule has 0 aliphatic rings. The minimum atomic E-state index is -0.292. The number of hydrogen-bond acceptors (Lipinski definition) is 3. The third-order valence-electron chi connectivity index (χ3n) is 0.824. The summed E-state index contributed by atoms with van der Waals surface area (Å²) in [6, 6.07) is -0.292. The maximum absolute atomic E-state index is 10.6. The fraction of sp³-hybridized carbons (Fsp3) is 0.800. The van der Waals surface area contributed by atoms with Crippen LogP contribution in [-0.2, 0) is 4.79 Å². The van der Waals surface area contributed by atoms with Crippen LogP contribution in [0.15, 0.2) is 0 Å². The molecular weight excluding hydrogens is 122 g/mol. The summed E-state index contributed by atoms with van der Waals surface area (Å²) in [5, 5.41) is 0. The number of carbonyl (C=O) groups is 1. The summed E-state index contributed by atoms with van der Waals surface area (Å²) in [6.45, 7) is 1.49. The van der Waals surface area contributed by atoms with E-state index in [4.69, 9.17) is 1.41 Å². The molecule has 48 valence electrons. The number of hydrogen-bond donors (Lipinski definition) is 1. The van der Waals surface area contributed by atoms with Gasteiger partial charge in [-0.1, -0.05) is 0 Å². The zero-order valence-corrected chi connectivity index (χ0v) is 5.92. The van der Waals surface area contributed by atoms with E-state index in [-0.39, 0.29) is 11.8 Å². The van der Waals surface area contributed by atoms with E-state index >= 15 is 0 Å². The van der Waals surface area contributed by atoms with Gasteiger partial charge in [-0.2, -0.15) is 11.8 Å². The number of carbonyl (C=O) groups excluding carboxylic acids is 1. The van der Waals surface area contributed by atoms with Crippen molar-refractivity contribution in [2.45, 2.75) is 13.0 Å². The molecule has 8 heavy (non-hydrogen) atoms. The second-order valence-electron chi connectivity index (χ2n) is 1.62. The first-order chi connectivity index (χ1) is 4.22. The molecule has 0 aromatic rings. The van der Waals surface area contributed by atoms with E-state index in [0.717, 1.165) is 0 Å². The molecular formula is C5H11NOS. The highest BCUT2D eigenvalue weighted by Gasteiger charge is 2.04. The first kappa shape index (κ1) is 6.11. The van der Waals surface area contributed by atoms with Gasteiger partial charge in [-0.25, -0.2) is 0 Å². The van der Waals surface area contributed by atoms with Crippen LogP contribution >= 0.6 is 11.8 Å². The van der Waals surface area contributed by atoms with Gasteiger partial charge in [0.15, 0.2) is 0 Å².